The Morgan fingerprint density at radius 3 is 2.84 bits per heavy atom. The summed E-state index contributed by atoms with van der Waals surface area (Å²) in [6.07, 6.45) is 1.09. The summed E-state index contributed by atoms with van der Waals surface area (Å²) in [4.78, 5) is 2.36. The molecule has 1 saturated heterocycles. The van der Waals surface area contributed by atoms with E-state index in [-0.39, 0.29) is 16.5 Å². The van der Waals surface area contributed by atoms with Gasteiger partial charge < -0.3 is 10.6 Å². The maximum atomic E-state index is 12.2. The van der Waals surface area contributed by atoms with Crippen LogP contribution in [0.4, 0.5) is 10.8 Å². The second-order valence-corrected chi connectivity index (χ2v) is 8.83. The Labute approximate surface area is 122 Å². The van der Waals surface area contributed by atoms with Gasteiger partial charge >= 0.3 is 0 Å². The molecule has 1 fully saturated rings. The number of thioether (sulfide) groups is 1. The van der Waals surface area contributed by atoms with Gasteiger partial charge in [-0.2, -0.15) is 16.1 Å². The van der Waals surface area contributed by atoms with Crippen LogP contribution >= 0.6 is 23.3 Å². The number of hydrogen-bond acceptors (Lipinski definition) is 7. The molecule has 1 unspecified atom stereocenters. The lowest BCUT2D eigenvalue weighted by Gasteiger charge is -2.32. The summed E-state index contributed by atoms with van der Waals surface area (Å²) < 4.78 is 28.4. The molecule has 19 heavy (non-hydrogen) atoms. The fourth-order valence-corrected chi connectivity index (χ4v) is 5.60. The number of hydrogen-bond donors (Lipinski definition) is 1. The molecule has 1 aliphatic heterocycles. The summed E-state index contributed by atoms with van der Waals surface area (Å²) in [5.74, 6) is 1.22. The number of sulfone groups is 1. The third kappa shape index (κ3) is 3.00. The average Bonchev–Trinajstić information content (AvgIpc) is 2.81. The summed E-state index contributed by atoms with van der Waals surface area (Å²) in [6.45, 7) is 5.52. The Morgan fingerprint density at radius 1 is 1.47 bits per heavy atom. The molecule has 1 aromatic rings. The molecule has 1 aliphatic rings. The van der Waals surface area contributed by atoms with E-state index < -0.39 is 9.84 Å². The zero-order valence-electron chi connectivity index (χ0n) is 11.1. The third-order valence-corrected chi connectivity index (χ3v) is 7.44. The van der Waals surface area contributed by atoms with Crippen molar-refractivity contribution >= 4 is 44.0 Å². The molecule has 0 aromatic carbocycles. The van der Waals surface area contributed by atoms with Crippen LogP contribution < -0.4 is 10.6 Å². The number of aromatic nitrogens is 1. The Balaban J connectivity index is 2.36. The summed E-state index contributed by atoms with van der Waals surface area (Å²) in [7, 11) is -3.32. The van der Waals surface area contributed by atoms with Gasteiger partial charge in [0.05, 0.1) is 5.75 Å². The second-order valence-electron chi connectivity index (χ2n) is 4.45. The van der Waals surface area contributed by atoms with Gasteiger partial charge in [0.25, 0.3) is 0 Å². The molecule has 1 aromatic heterocycles. The van der Waals surface area contributed by atoms with Crippen LogP contribution in [0, 0.1) is 0 Å². The Kier molecular flexibility index (Phi) is 4.62. The molecule has 0 bridgehead atoms. The second kappa shape index (κ2) is 5.88. The van der Waals surface area contributed by atoms with E-state index in [4.69, 9.17) is 5.73 Å². The average molecular weight is 321 g/mol. The van der Waals surface area contributed by atoms with E-state index in [2.05, 4.69) is 16.2 Å². The molecule has 108 valence electrons. The fourth-order valence-electron chi connectivity index (χ4n) is 2.07. The van der Waals surface area contributed by atoms with Gasteiger partial charge in [0, 0.05) is 24.1 Å². The number of nitrogens with two attached hydrogens (primary N) is 1. The summed E-state index contributed by atoms with van der Waals surface area (Å²) in [6, 6.07) is 0. The van der Waals surface area contributed by atoms with Crippen molar-refractivity contribution < 1.29 is 8.42 Å². The monoisotopic (exact) mass is 321 g/mol. The van der Waals surface area contributed by atoms with E-state index in [1.54, 1.807) is 6.92 Å². The molecule has 8 heteroatoms. The molecule has 0 saturated carbocycles. The molecule has 2 heterocycles. The van der Waals surface area contributed by atoms with Gasteiger partial charge in [0.1, 0.15) is 9.90 Å². The number of nitrogens with zero attached hydrogens (tertiary/aromatic N) is 2. The van der Waals surface area contributed by atoms with Crippen LogP contribution in [0.2, 0.25) is 0 Å². The van der Waals surface area contributed by atoms with Crippen LogP contribution in [0.5, 0.6) is 0 Å². The Bertz CT molecular complexity index is 541. The molecule has 0 spiro atoms. The van der Waals surface area contributed by atoms with Crippen molar-refractivity contribution in [3.8, 4) is 0 Å². The maximum Gasteiger partial charge on any atom is 0.184 e. The van der Waals surface area contributed by atoms with E-state index in [1.165, 1.54) is 11.5 Å². The van der Waals surface area contributed by atoms with Crippen LogP contribution in [0.25, 0.3) is 0 Å². The van der Waals surface area contributed by atoms with Crippen molar-refractivity contribution in [3.63, 3.8) is 0 Å². The van der Waals surface area contributed by atoms with Crippen LogP contribution in [-0.4, -0.2) is 42.6 Å². The lowest BCUT2D eigenvalue weighted by Crippen LogP contribution is -2.37. The minimum Gasteiger partial charge on any atom is -0.382 e. The molecular formula is C11H19N3O2S3. The van der Waals surface area contributed by atoms with E-state index in [1.807, 2.05) is 11.8 Å². The largest absolute Gasteiger partial charge is 0.382 e. The molecule has 5 nitrogen and oxygen atoms in total. The molecule has 2 N–H and O–H groups in total. The molecule has 0 radical (unpaired) electrons. The van der Waals surface area contributed by atoms with Gasteiger partial charge in [0.15, 0.2) is 15.7 Å². The fraction of sp³-hybridized carbons (Fsp3) is 0.727. The van der Waals surface area contributed by atoms with Crippen LogP contribution in [0.15, 0.2) is 4.90 Å². The Morgan fingerprint density at radius 2 is 2.21 bits per heavy atom. The molecule has 1 atom stereocenters. The highest BCUT2D eigenvalue weighted by molar-refractivity contribution is 8.00. The molecular weight excluding hydrogens is 302 g/mol. The van der Waals surface area contributed by atoms with Crippen molar-refractivity contribution in [2.75, 3.05) is 35.2 Å². The zero-order chi connectivity index (χ0) is 14.0. The van der Waals surface area contributed by atoms with Crippen molar-refractivity contribution in [3.05, 3.63) is 0 Å². The summed E-state index contributed by atoms with van der Waals surface area (Å²) in [5.41, 5.74) is 5.77. The zero-order valence-corrected chi connectivity index (χ0v) is 13.6. The smallest absolute Gasteiger partial charge is 0.184 e. The maximum absolute atomic E-state index is 12.2. The van der Waals surface area contributed by atoms with Gasteiger partial charge in [-0.3, -0.25) is 0 Å². The van der Waals surface area contributed by atoms with Crippen LogP contribution in [0.1, 0.15) is 20.3 Å². The highest BCUT2D eigenvalue weighted by Crippen LogP contribution is 2.37. The van der Waals surface area contributed by atoms with E-state index >= 15 is 0 Å². The van der Waals surface area contributed by atoms with Crippen LogP contribution in [-0.2, 0) is 9.84 Å². The predicted molar refractivity (Wildman–Crippen MR) is 83.0 cm³/mol. The van der Waals surface area contributed by atoms with Gasteiger partial charge in [0.2, 0.25) is 0 Å². The van der Waals surface area contributed by atoms with E-state index in [0.29, 0.717) is 5.25 Å². The van der Waals surface area contributed by atoms with Crippen molar-refractivity contribution in [1.29, 1.82) is 0 Å². The van der Waals surface area contributed by atoms with Crippen molar-refractivity contribution in [2.24, 2.45) is 0 Å². The number of nitrogen functional groups attached to an aromatic ring is 1. The highest BCUT2D eigenvalue weighted by atomic mass is 32.2. The lowest BCUT2D eigenvalue weighted by atomic mass is 10.3. The number of anilines is 2. The first-order valence-electron chi connectivity index (χ1n) is 6.34. The molecule has 0 aliphatic carbocycles. The SMILES string of the molecule is CCC1CN(c2snc(N)c2S(=O)(=O)CC)CCS1. The molecule has 0 amide bonds. The van der Waals surface area contributed by atoms with Crippen molar-refractivity contribution in [1.82, 2.24) is 4.37 Å². The van der Waals surface area contributed by atoms with Gasteiger partial charge in [-0.15, -0.1) is 0 Å². The quantitative estimate of drug-likeness (QED) is 0.912. The first-order chi connectivity index (χ1) is 8.99. The molecule has 2 rings (SSSR count). The van der Waals surface area contributed by atoms with E-state index in [0.717, 1.165) is 30.3 Å². The van der Waals surface area contributed by atoms with Crippen LogP contribution in [0.3, 0.4) is 0 Å². The first-order valence-corrected chi connectivity index (χ1v) is 9.81. The Hall–Kier alpha value is -0.470. The normalized spacial score (nSPS) is 20.7. The van der Waals surface area contributed by atoms with Gasteiger partial charge in [-0.1, -0.05) is 13.8 Å². The van der Waals surface area contributed by atoms with Gasteiger partial charge in [-0.05, 0) is 18.0 Å². The lowest BCUT2D eigenvalue weighted by molar-refractivity contribution is 0.597. The summed E-state index contributed by atoms with van der Waals surface area (Å²) >= 11 is 3.15. The summed E-state index contributed by atoms with van der Waals surface area (Å²) in [5, 5.41) is 1.27. The minimum atomic E-state index is -3.32. The minimum absolute atomic E-state index is 0.0579. The van der Waals surface area contributed by atoms with Crippen molar-refractivity contribution in [2.45, 2.75) is 30.4 Å². The standard InChI is InChI=1S/C11H19N3O2S3/c1-3-8-7-14(5-6-17-8)11-9(10(12)13-18-11)19(15,16)4-2/h8H,3-7H2,1-2H3,(H2,12,13). The van der Waals surface area contributed by atoms with Gasteiger partial charge in [-0.25, -0.2) is 8.42 Å². The topological polar surface area (TPSA) is 76.3 Å². The first kappa shape index (κ1) is 14.9. The predicted octanol–water partition coefficient (Wildman–Crippen LogP) is 1.85. The van der Waals surface area contributed by atoms with E-state index in [9.17, 15) is 8.42 Å². The highest BCUT2D eigenvalue weighted by Gasteiger charge is 2.29. The third-order valence-electron chi connectivity index (χ3n) is 3.23. The number of rotatable bonds is 4.